The van der Waals surface area contributed by atoms with Gasteiger partial charge in [0.2, 0.25) is 0 Å². The van der Waals surface area contributed by atoms with Crippen LogP contribution < -0.4 is 11.1 Å². The summed E-state index contributed by atoms with van der Waals surface area (Å²) < 4.78 is 4.94. The lowest BCUT2D eigenvalue weighted by Gasteiger charge is -2.24. The summed E-state index contributed by atoms with van der Waals surface area (Å²) in [6, 6.07) is 0. The summed E-state index contributed by atoms with van der Waals surface area (Å²) in [6.07, 6.45) is 0.451. The lowest BCUT2D eigenvalue weighted by Crippen LogP contribution is -2.36. The van der Waals surface area contributed by atoms with E-state index in [2.05, 4.69) is 19.2 Å². The Hall–Kier alpha value is -0.770. The van der Waals surface area contributed by atoms with Gasteiger partial charge in [-0.25, -0.2) is 4.79 Å². The predicted octanol–water partition coefficient (Wildman–Crippen LogP) is 1.50. The van der Waals surface area contributed by atoms with Crippen LogP contribution in [0, 0.1) is 5.41 Å². The van der Waals surface area contributed by atoms with E-state index in [0.717, 1.165) is 6.42 Å². The van der Waals surface area contributed by atoms with Crippen molar-refractivity contribution < 1.29 is 9.53 Å². The topological polar surface area (TPSA) is 64.3 Å². The lowest BCUT2D eigenvalue weighted by atomic mass is 9.89. The Morgan fingerprint density at radius 1 is 1.50 bits per heavy atom. The van der Waals surface area contributed by atoms with Crippen molar-refractivity contribution in [2.24, 2.45) is 11.1 Å². The zero-order chi connectivity index (χ0) is 11.2. The molecule has 0 fully saturated rings. The maximum absolute atomic E-state index is 11.1. The molecule has 0 saturated heterocycles. The molecular formula is C10H22N2O2. The summed E-state index contributed by atoms with van der Waals surface area (Å²) in [4.78, 5) is 11.1. The molecule has 0 rings (SSSR count). The van der Waals surface area contributed by atoms with Gasteiger partial charge in [0.05, 0.1) is 6.10 Å². The fourth-order valence-corrected chi connectivity index (χ4v) is 1.05. The highest BCUT2D eigenvalue weighted by Crippen LogP contribution is 2.17. The van der Waals surface area contributed by atoms with Gasteiger partial charge in [0, 0.05) is 6.54 Å². The van der Waals surface area contributed by atoms with Crippen molar-refractivity contribution in [1.82, 2.24) is 5.32 Å². The molecule has 0 saturated carbocycles. The predicted molar refractivity (Wildman–Crippen MR) is 57.1 cm³/mol. The van der Waals surface area contributed by atoms with E-state index in [1.165, 1.54) is 0 Å². The third-order valence-corrected chi connectivity index (χ3v) is 1.88. The van der Waals surface area contributed by atoms with Crippen LogP contribution >= 0.6 is 0 Å². The van der Waals surface area contributed by atoms with Gasteiger partial charge in [0.25, 0.3) is 0 Å². The van der Waals surface area contributed by atoms with Crippen LogP contribution in [0.1, 0.15) is 34.1 Å². The van der Waals surface area contributed by atoms with Gasteiger partial charge < -0.3 is 15.8 Å². The summed E-state index contributed by atoms with van der Waals surface area (Å²) in [5.74, 6) is 0. The van der Waals surface area contributed by atoms with E-state index in [4.69, 9.17) is 10.5 Å². The quantitative estimate of drug-likeness (QED) is 0.710. The molecule has 0 spiro atoms. The normalized spacial score (nSPS) is 11.6. The summed E-state index contributed by atoms with van der Waals surface area (Å²) >= 11 is 0. The third-order valence-electron chi connectivity index (χ3n) is 1.88. The number of nitrogens with two attached hydrogens (primary N) is 1. The zero-order valence-corrected chi connectivity index (χ0v) is 9.59. The van der Waals surface area contributed by atoms with E-state index in [0.29, 0.717) is 13.1 Å². The smallest absolute Gasteiger partial charge is 0.407 e. The van der Waals surface area contributed by atoms with Crippen LogP contribution in [-0.4, -0.2) is 25.3 Å². The fraction of sp³-hybridized carbons (Fsp3) is 0.900. The third kappa shape index (κ3) is 6.71. The molecule has 0 aromatic heterocycles. The number of hydrogen-bond acceptors (Lipinski definition) is 3. The summed E-state index contributed by atoms with van der Waals surface area (Å²) in [6.45, 7) is 9.00. The second-order valence-corrected chi connectivity index (χ2v) is 4.51. The first-order valence-electron chi connectivity index (χ1n) is 5.02. The highest BCUT2D eigenvalue weighted by atomic mass is 16.6. The molecule has 0 heterocycles. The Balaban J connectivity index is 3.75. The first-order valence-corrected chi connectivity index (χ1v) is 5.02. The molecule has 3 N–H and O–H groups in total. The van der Waals surface area contributed by atoms with Gasteiger partial charge in [0.15, 0.2) is 0 Å². The van der Waals surface area contributed by atoms with Gasteiger partial charge >= 0.3 is 6.09 Å². The zero-order valence-electron chi connectivity index (χ0n) is 9.59. The molecule has 4 nitrogen and oxygen atoms in total. The minimum Gasteiger partial charge on any atom is -0.447 e. The van der Waals surface area contributed by atoms with Crippen molar-refractivity contribution >= 4 is 6.09 Å². The molecule has 0 aliphatic rings. The van der Waals surface area contributed by atoms with Crippen LogP contribution in [0.2, 0.25) is 0 Å². The molecule has 84 valence electrons. The van der Waals surface area contributed by atoms with E-state index in [1.807, 2.05) is 13.8 Å². The second kappa shape index (κ2) is 5.86. The number of rotatable bonds is 5. The Morgan fingerprint density at radius 2 is 2.07 bits per heavy atom. The van der Waals surface area contributed by atoms with Gasteiger partial charge in [-0.15, -0.1) is 0 Å². The molecular weight excluding hydrogens is 180 g/mol. The molecule has 0 unspecified atom stereocenters. The number of carbonyl (C=O) groups is 1. The van der Waals surface area contributed by atoms with E-state index in [-0.39, 0.29) is 17.6 Å². The molecule has 14 heavy (non-hydrogen) atoms. The van der Waals surface area contributed by atoms with E-state index in [1.54, 1.807) is 0 Å². The molecule has 0 bridgehead atoms. The van der Waals surface area contributed by atoms with Crippen molar-refractivity contribution in [3.05, 3.63) is 0 Å². The van der Waals surface area contributed by atoms with Crippen molar-refractivity contribution in [3.8, 4) is 0 Å². The first-order chi connectivity index (χ1) is 6.37. The highest BCUT2D eigenvalue weighted by molar-refractivity contribution is 5.67. The largest absolute Gasteiger partial charge is 0.447 e. The summed E-state index contributed by atoms with van der Waals surface area (Å²) in [5.41, 5.74) is 5.49. The minimum absolute atomic E-state index is 0.0325. The lowest BCUT2D eigenvalue weighted by molar-refractivity contribution is 0.111. The van der Waals surface area contributed by atoms with Gasteiger partial charge in [-0.3, -0.25) is 0 Å². The number of hydrogen-bond donors (Lipinski definition) is 2. The van der Waals surface area contributed by atoms with Gasteiger partial charge in [-0.05, 0) is 32.2 Å². The molecule has 0 aromatic rings. The molecule has 0 atom stereocenters. The van der Waals surface area contributed by atoms with E-state index < -0.39 is 0 Å². The summed E-state index contributed by atoms with van der Waals surface area (Å²) in [5, 5.41) is 2.72. The Bertz CT molecular complexity index is 179. The van der Waals surface area contributed by atoms with E-state index >= 15 is 0 Å². The molecule has 4 heteroatoms. The molecule has 0 radical (unpaired) electrons. The Morgan fingerprint density at radius 3 is 2.50 bits per heavy atom. The van der Waals surface area contributed by atoms with E-state index in [9.17, 15) is 4.79 Å². The van der Waals surface area contributed by atoms with Gasteiger partial charge in [-0.2, -0.15) is 0 Å². The maximum Gasteiger partial charge on any atom is 0.407 e. The van der Waals surface area contributed by atoms with Crippen molar-refractivity contribution in [2.75, 3.05) is 13.1 Å². The van der Waals surface area contributed by atoms with Crippen LogP contribution in [0.3, 0.4) is 0 Å². The molecule has 0 aliphatic heterocycles. The number of carbonyl (C=O) groups excluding carboxylic acids is 1. The van der Waals surface area contributed by atoms with Crippen LogP contribution in [-0.2, 0) is 4.74 Å². The Labute approximate surface area is 86.2 Å². The van der Waals surface area contributed by atoms with Crippen molar-refractivity contribution in [2.45, 2.75) is 40.2 Å². The second-order valence-electron chi connectivity index (χ2n) is 4.51. The molecule has 1 amide bonds. The number of alkyl carbamates (subject to hydrolysis) is 1. The molecule has 0 aromatic carbocycles. The SMILES string of the molecule is CC(C)OC(=O)NCC(C)(C)CCN. The van der Waals surface area contributed by atoms with Crippen LogP contribution in [0.4, 0.5) is 4.79 Å². The first kappa shape index (κ1) is 13.2. The van der Waals surface area contributed by atoms with Crippen LogP contribution in [0.5, 0.6) is 0 Å². The average Bonchev–Trinajstić information content (AvgIpc) is 2.00. The summed E-state index contributed by atoms with van der Waals surface area (Å²) in [7, 11) is 0. The maximum atomic E-state index is 11.1. The fourth-order valence-electron chi connectivity index (χ4n) is 1.05. The van der Waals surface area contributed by atoms with Crippen molar-refractivity contribution in [1.29, 1.82) is 0 Å². The number of ether oxygens (including phenoxy) is 1. The molecule has 0 aliphatic carbocycles. The number of nitrogens with one attached hydrogen (secondary N) is 1. The van der Waals surface area contributed by atoms with Crippen LogP contribution in [0.15, 0.2) is 0 Å². The average molecular weight is 202 g/mol. The van der Waals surface area contributed by atoms with Crippen LogP contribution in [0.25, 0.3) is 0 Å². The number of amides is 1. The highest BCUT2D eigenvalue weighted by Gasteiger charge is 2.18. The monoisotopic (exact) mass is 202 g/mol. The Kier molecular flexibility index (Phi) is 5.53. The van der Waals surface area contributed by atoms with Gasteiger partial charge in [0.1, 0.15) is 0 Å². The standard InChI is InChI=1S/C10H22N2O2/c1-8(2)14-9(13)12-7-10(3,4)5-6-11/h8H,5-7,11H2,1-4H3,(H,12,13). The van der Waals surface area contributed by atoms with Crippen molar-refractivity contribution in [3.63, 3.8) is 0 Å². The van der Waals surface area contributed by atoms with Gasteiger partial charge in [-0.1, -0.05) is 13.8 Å². The minimum atomic E-state index is -0.356.